The Bertz CT molecular complexity index is 1090. The van der Waals surface area contributed by atoms with Crippen LogP contribution in [-0.4, -0.2) is 40.7 Å². The average Bonchev–Trinajstić information content (AvgIpc) is 3.44. The number of nitrogens with zero attached hydrogens (tertiary/aromatic N) is 3. The fraction of sp³-hybridized carbons (Fsp3) is 0.238. The number of amides is 3. The van der Waals surface area contributed by atoms with Gasteiger partial charge < -0.3 is 20.3 Å². The molecule has 160 valence electrons. The van der Waals surface area contributed by atoms with Crippen molar-refractivity contribution < 1.29 is 14.3 Å². The molecule has 1 aliphatic heterocycles. The van der Waals surface area contributed by atoms with E-state index in [0.717, 1.165) is 18.6 Å². The van der Waals surface area contributed by atoms with Crippen molar-refractivity contribution in [2.24, 2.45) is 0 Å². The molecule has 1 unspecified atom stereocenters. The molecule has 31 heavy (non-hydrogen) atoms. The molecule has 4 rings (SSSR count). The van der Waals surface area contributed by atoms with Crippen LogP contribution in [0, 0.1) is 0 Å². The maximum atomic E-state index is 12.8. The van der Waals surface area contributed by atoms with Crippen molar-refractivity contribution in [3.05, 3.63) is 63.6 Å². The summed E-state index contributed by atoms with van der Waals surface area (Å²) in [5.41, 5.74) is 1.26. The summed E-state index contributed by atoms with van der Waals surface area (Å²) >= 11 is 7.15. The van der Waals surface area contributed by atoms with Gasteiger partial charge >= 0.3 is 6.03 Å². The van der Waals surface area contributed by atoms with Crippen LogP contribution in [0.5, 0.6) is 5.75 Å². The molecule has 0 radical (unpaired) electrons. The number of anilines is 2. The molecule has 0 spiro atoms. The van der Waals surface area contributed by atoms with Gasteiger partial charge in [0.05, 0.1) is 13.2 Å². The Balaban J connectivity index is 1.43. The zero-order valence-corrected chi connectivity index (χ0v) is 18.2. The molecule has 1 saturated heterocycles. The minimum Gasteiger partial charge on any atom is -0.497 e. The summed E-state index contributed by atoms with van der Waals surface area (Å²) in [6.45, 7) is 0.607. The summed E-state index contributed by atoms with van der Waals surface area (Å²) in [6, 6.07) is 13.6. The van der Waals surface area contributed by atoms with E-state index in [1.165, 1.54) is 11.3 Å². The van der Waals surface area contributed by atoms with Crippen LogP contribution in [0.4, 0.5) is 16.2 Å². The minimum absolute atomic E-state index is 0.215. The van der Waals surface area contributed by atoms with Crippen molar-refractivity contribution >= 4 is 46.3 Å². The van der Waals surface area contributed by atoms with Gasteiger partial charge in [0.2, 0.25) is 5.01 Å². The number of likely N-dealkylation sites (tertiary alicyclic amines) is 1. The van der Waals surface area contributed by atoms with Gasteiger partial charge in [-0.05, 0) is 55.3 Å². The van der Waals surface area contributed by atoms with Gasteiger partial charge in [-0.15, -0.1) is 10.2 Å². The van der Waals surface area contributed by atoms with E-state index in [1.807, 2.05) is 0 Å². The lowest BCUT2D eigenvalue weighted by Gasteiger charge is -2.23. The summed E-state index contributed by atoms with van der Waals surface area (Å²) in [7, 11) is 1.59. The number of carbonyl (C=O) groups excluding carboxylic acids is 2. The van der Waals surface area contributed by atoms with E-state index in [1.54, 1.807) is 60.5 Å². The van der Waals surface area contributed by atoms with E-state index in [2.05, 4.69) is 20.8 Å². The molecule has 2 N–H and O–H groups in total. The molecule has 10 heteroatoms. The zero-order chi connectivity index (χ0) is 21.8. The minimum atomic E-state index is -0.363. The number of aromatic nitrogens is 2. The highest BCUT2D eigenvalue weighted by molar-refractivity contribution is 7.13. The molecule has 0 aliphatic carbocycles. The number of nitrogens with one attached hydrogen (secondary N) is 2. The third kappa shape index (κ3) is 4.95. The fourth-order valence-electron chi connectivity index (χ4n) is 3.35. The summed E-state index contributed by atoms with van der Waals surface area (Å²) < 4.78 is 5.14. The molecule has 1 aromatic heterocycles. The number of carbonyl (C=O) groups is 2. The Labute approximate surface area is 188 Å². The number of halogens is 1. The highest BCUT2D eigenvalue weighted by atomic mass is 35.5. The van der Waals surface area contributed by atoms with Crippen molar-refractivity contribution in [2.75, 3.05) is 24.3 Å². The van der Waals surface area contributed by atoms with E-state index < -0.39 is 0 Å². The summed E-state index contributed by atoms with van der Waals surface area (Å²) in [6.07, 6.45) is 1.62. The van der Waals surface area contributed by atoms with Gasteiger partial charge in [0.15, 0.2) is 0 Å². The molecule has 3 amide bonds. The van der Waals surface area contributed by atoms with Gasteiger partial charge in [0, 0.05) is 22.9 Å². The number of hydrogen-bond donors (Lipinski definition) is 2. The molecule has 1 atom stereocenters. The highest BCUT2D eigenvalue weighted by Gasteiger charge is 2.33. The number of methoxy groups -OCH3 is 1. The second-order valence-corrected chi connectivity index (χ2v) is 8.37. The Morgan fingerprint density at radius 2 is 1.94 bits per heavy atom. The van der Waals surface area contributed by atoms with Gasteiger partial charge in [0.1, 0.15) is 10.8 Å². The second-order valence-electron chi connectivity index (χ2n) is 6.92. The molecule has 1 fully saturated rings. The highest BCUT2D eigenvalue weighted by Crippen LogP contribution is 2.34. The molecular formula is C21H20ClN5O3S. The number of benzene rings is 2. The first-order valence-corrected chi connectivity index (χ1v) is 10.8. The van der Waals surface area contributed by atoms with Crippen molar-refractivity contribution in [1.82, 2.24) is 15.1 Å². The Morgan fingerprint density at radius 3 is 2.68 bits per heavy atom. The van der Waals surface area contributed by atoms with E-state index in [4.69, 9.17) is 16.3 Å². The number of urea groups is 1. The molecular weight excluding hydrogens is 438 g/mol. The van der Waals surface area contributed by atoms with Crippen LogP contribution in [0.25, 0.3) is 0 Å². The first-order chi connectivity index (χ1) is 15.0. The zero-order valence-electron chi connectivity index (χ0n) is 16.7. The van der Waals surface area contributed by atoms with E-state index >= 15 is 0 Å². The maximum Gasteiger partial charge on any atom is 0.322 e. The van der Waals surface area contributed by atoms with Gasteiger partial charge in [-0.2, -0.15) is 0 Å². The third-order valence-electron chi connectivity index (χ3n) is 4.86. The van der Waals surface area contributed by atoms with Crippen molar-refractivity contribution in [2.45, 2.75) is 18.9 Å². The van der Waals surface area contributed by atoms with Crippen molar-refractivity contribution in [3.63, 3.8) is 0 Å². The van der Waals surface area contributed by atoms with Crippen LogP contribution >= 0.6 is 22.9 Å². The quantitative estimate of drug-likeness (QED) is 0.572. The predicted molar refractivity (Wildman–Crippen MR) is 120 cm³/mol. The van der Waals surface area contributed by atoms with Crippen LogP contribution in [0.2, 0.25) is 5.02 Å². The molecule has 8 nitrogen and oxygen atoms in total. The fourth-order valence-corrected chi connectivity index (χ4v) is 4.42. The van der Waals surface area contributed by atoms with Gasteiger partial charge in [-0.1, -0.05) is 29.0 Å². The smallest absolute Gasteiger partial charge is 0.322 e. The topological polar surface area (TPSA) is 96.4 Å². The van der Waals surface area contributed by atoms with E-state index in [9.17, 15) is 9.59 Å². The first-order valence-electron chi connectivity index (χ1n) is 9.65. The largest absolute Gasteiger partial charge is 0.497 e. The Morgan fingerprint density at radius 1 is 1.13 bits per heavy atom. The normalized spacial score (nSPS) is 15.5. The molecule has 1 aliphatic rings. The predicted octanol–water partition coefficient (Wildman–Crippen LogP) is 4.82. The van der Waals surface area contributed by atoms with Gasteiger partial charge in [0.25, 0.3) is 5.91 Å². The SMILES string of the molecule is COc1ccc(NC(=O)N2CCCC2c2nnc(C(=O)Nc3cccc(Cl)c3)s2)cc1. The third-order valence-corrected chi connectivity index (χ3v) is 6.12. The first kappa shape index (κ1) is 21.1. The van der Waals surface area contributed by atoms with Crippen molar-refractivity contribution in [3.8, 4) is 5.75 Å². The van der Waals surface area contributed by atoms with Crippen molar-refractivity contribution in [1.29, 1.82) is 0 Å². The van der Waals surface area contributed by atoms with Crippen LogP contribution in [0.3, 0.4) is 0 Å². The van der Waals surface area contributed by atoms with Crippen LogP contribution < -0.4 is 15.4 Å². The lowest BCUT2D eigenvalue weighted by Crippen LogP contribution is -2.34. The summed E-state index contributed by atoms with van der Waals surface area (Å²) in [5, 5.41) is 15.3. The van der Waals surface area contributed by atoms with Gasteiger partial charge in [-0.25, -0.2) is 4.79 Å². The lowest BCUT2D eigenvalue weighted by atomic mass is 10.2. The Kier molecular flexibility index (Phi) is 6.34. The van der Waals surface area contributed by atoms with Crippen LogP contribution in [0.15, 0.2) is 48.5 Å². The second kappa shape index (κ2) is 9.32. The number of ether oxygens (including phenoxy) is 1. The molecule has 0 bridgehead atoms. The molecule has 2 aromatic carbocycles. The summed E-state index contributed by atoms with van der Waals surface area (Å²) in [4.78, 5) is 27.1. The van der Waals surface area contributed by atoms with Crippen LogP contribution in [-0.2, 0) is 0 Å². The average molecular weight is 458 g/mol. The van der Waals surface area contributed by atoms with Gasteiger partial charge in [-0.3, -0.25) is 4.79 Å². The number of hydrogen-bond acceptors (Lipinski definition) is 6. The Hall–Kier alpha value is -3.17. The van der Waals surface area contributed by atoms with E-state index in [-0.39, 0.29) is 23.0 Å². The lowest BCUT2D eigenvalue weighted by molar-refractivity contribution is 0.102. The maximum absolute atomic E-state index is 12.8. The van der Waals surface area contributed by atoms with E-state index in [0.29, 0.717) is 27.9 Å². The molecule has 0 saturated carbocycles. The number of rotatable bonds is 5. The standard InChI is InChI=1S/C21H20ClN5O3S/c1-30-16-9-7-14(8-10-16)24-21(29)27-11-3-6-17(27)19-25-26-20(31-19)18(28)23-15-5-2-4-13(22)12-15/h2,4-5,7-10,12,17H,3,6,11H2,1H3,(H,23,28)(H,24,29). The van der Waals surface area contributed by atoms with Crippen LogP contribution in [0.1, 0.15) is 33.7 Å². The molecule has 2 heterocycles. The molecule has 3 aromatic rings. The monoisotopic (exact) mass is 457 g/mol. The summed E-state index contributed by atoms with van der Waals surface area (Å²) in [5.74, 6) is 0.354.